The van der Waals surface area contributed by atoms with Crippen molar-refractivity contribution in [1.29, 1.82) is 0 Å². The number of hydrogen-bond donors (Lipinski definition) is 3. The SMILES string of the molecule is O=C(CC1CCCC1)N[C@@H]1CC[C@@H](Oc2cccc(F)c2)[C@H](O)[C@H]1O. The van der Waals surface area contributed by atoms with E-state index in [0.29, 0.717) is 30.9 Å². The molecule has 1 amide bonds. The molecule has 0 spiro atoms. The number of carbonyl (C=O) groups is 1. The normalized spacial score (nSPS) is 30.2. The van der Waals surface area contributed by atoms with Crippen LogP contribution in [-0.2, 0) is 4.79 Å². The van der Waals surface area contributed by atoms with Gasteiger partial charge in [0.05, 0.1) is 6.04 Å². The summed E-state index contributed by atoms with van der Waals surface area (Å²) in [5.74, 6) is 0.280. The Bertz CT molecular complexity index is 591. The molecule has 0 aromatic heterocycles. The van der Waals surface area contributed by atoms with Crippen LogP contribution < -0.4 is 10.1 Å². The molecule has 0 heterocycles. The van der Waals surface area contributed by atoms with Crippen molar-refractivity contribution in [2.24, 2.45) is 5.92 Å². The van der Waals surface area contributed by atoms with E-state index in [0.717, 1.165) is 12.8 Å². The molecule has 3 N–H and O–H groups in total. The Morgan fingerprint density at radius 3 is 2.64 bits per heavy atom. The second kappa shape index (κ2) is 8.15. The monoisotopic (exact) mass is 351 g/mol. The molecule has 0 aliphatic heterocycles. The molecule has 25 heavy (non-hydrogen) atoms. The summed E-state index contributed by atoms with van der Waals surface area (Å²) in [4.78, 5) is 12.2. The van der Waals surface area contributed by atoms with Gasteiger partial charge in [-0.3, -0.25) is 4.79 Å². The molecule has 6 heteroatoms. The first-order valence-corrected chi connectivity index (χ1v) is 9.10. The fraction of sp³-hybridized carbons (Fsp3) is 0.632. The molecule has 1 aromatic rings. The van der Waals surface area contributed by atoms with Gasteiger partial charge >= 0.3 is 0 Å². The summed E-state index contributed by atoms with van der Waals surface area (Å²) in [5.41, 5.74) is 0. The predicted molar refractivity (Wildman–Crippen MR) is 90.6 cm³/mol. The maximum absolute atomic E-state index is 13.2. The van der Waals surface area contributed by atoms with E-state index in [9.17, 15) is 19.4 Å². The highest BCUT2D eigenvalue weighted by Crippen LogP contribution is 2.28. The summed E-state index contributed by atoms with van der Waals surface area (Å²) >= 11 is 0. The van der Waals surface area contributed by atoms with Crippen LogP contribution in [0.3, 0.4) is 0 Å². The van der Waals surface area contributed by atoms with Crippen LogP contribution in [0.4, 0.5) is 4.39 Å². The van der Waals surface area contributed by atoms with Gasteiger partial charge in [0.2, 0.25) is 5.91 Å². The van der Waals surface area contributed by atoms with Crippen molar-refractivity contribution in [1.82, 2.24) is 5.32 Å². The zero-order valence-corrected chi connectivity index (χ0v) is 14.2. The lowest BCUT2D eigenvalue weighted by Crippen LogP contribution is -2.57. The van der Waals surface area contributed by atoms with Crippen LogP contribution >= 0.6 is 0 Å². The Balaban J connectivity index is 1.52. The molecular weight excluding hydrogens is 325 g/mol. The molecule has 2 aliphatic rings. The zero-order chi connectivity index (χ0) is 17.8. The maximum Gasteiger partial charge on any atom is 0.220 e. The van der Waals surface area contributed by atoms with Crippen LogP contribution in [-0.4, -0.2) is 40.5 Å². The molecule has 0 saturated heterocycles. The number of aliphatic hydroxyl groups is 2. The first kappa shape index (κ1) is 18.1. The molecular formula is C19H26FNO4. The zero-order valence-electron chi connectivity index (χ0n) is 14.2. The second-order valence-electron chi connectivity index (χ2n) is 7.20. The lowest BCUT2D eigenvalue weighted by Gasteiger charge is -2.38. The van der Waals surface area contributed by atoms with Gasteiger partial charge in [0, 0.05) is 12.5 Å². The quantitative estimate of drug-likeness (QED) is 0.760. The van der Waals surface area contributed by atoms with Crippen molar-refractivity contribution >= 4 is 5.91 Å². The van der Waals surface area contributed by atoms with Crippen LogP contribution in [0.15, 0.2) is 24.3 Å². The highest BCUT2D eigenvalue weighted by molar-refractivity contribution is 5.76. The van der Waals surface area contributed by atoms with Gasteiger partial charge in [0.1, 0.15) is 29.9 Å². The van der Waals surface area contributed by atoms with E-state index in [1.807, 2.05) is 0 Å². The number of benzene rings is 1. The van der Waals surface area contributed by atoms with Crippen LogP contribution in [0.1, 0.15) is 44.9 Å². The third kappa shape index (κ3) is 4.70. The van der Waals surface area contributed by atoms with E-state index < -0.39 is 30.2 Å². The highest BCUT2D eigenvalue weighted by Gasteiger charge is 2.39. The first-order chi connectivity index (χ1) is 12.0. The number of aliphatic hydroxyl groups excluding tert-OH is 2. The molecule has 2 aliphatic carbocycles. The molecule has 5 nitrogen and oxygen atoms in total. The third-order valence-electron chi connectivity index (χ3n) is 5.28. The minimum atomic E-state index is -1.13. The minimum absolute atomic E-state index is 0.0624. The third-order valence-corrected chi connectivity index (χ3v) is 5.28. The minimum Gasteiger partial charge on any atom is -0.488 e. The average Bonchev–Trinajstić information content (AvgIpc) is 3.07. The Hall–Kier alpha value is -1.66. The van der Waals surface area contributed by atoms with E-state index in [1.54, 1.807) is 6.07 Å². The van der Waals surface area contributed by atoms with Crippen molar-refractivity contribution in [2.75, 3.05) is 0 Å². The smallest absolute Gasteiger partial charge is 0.220 e. The van der Waals surface area contributed by atoms with Gasteiger partial charge in [-0.2, -0.15) is 0 Å². The number of hydrogen-bond acceptors (Lipinski definition) is 4. The van der Waals surface area contributed by atoms with Crippen molar-refractivity contribution in [3.05, 3.63) is 30.1 Å². The molecule has 0 radical (unpaired) electrons. The fourth-order valence-corrected chi connectivity index (χ4v) is 3.89. The van der Waals surface area contributed by atoms with Crippen LogP contribution in [0, 0.1) is 11.7 Å². The number of ether oxygens (including phenoxy) is 1. The summed E-state index contributed by atoms with van der Waals surface area (Å²) in [7, 11) is 0. The molecule has 0 bridgehead atoms. The van der Waals surface area contributed by atoms with E-state index in [1.165, 1.54) is 31.0 Å². The molecule has 0 unspecified atom stereocenters. The van der Waals surface area contributed by atoms with Crippen molar-refractivity contribution in [2.45, 2.75) is 69.3 Å². The van der Waals surface area contributed by atoms with Gasteiger partial charge in [-0.15, -0.1) is 0 Å². The average molecular weight is 351 g/mol. The molecule has 138 valence electrons. The summed E-state index contributed by atoms with van der Waals surface area (Å²) in [5, 5.41) is 23.5. The molecule has 3 rings (SSSR count). The van der Waals surface area contributed by atoms with Crippen LogP contribution in [0.5, 0.6) is 5.75 Å². The highest BCUT2D eigenvalue weighted by atomic mass is 19.1. The van der Waals surface area contributed by atoms with Crippen molar-refractivity contribution < 1.29 is 24.1 Å². The number of rotatable bonds is 5. The maximum atomic E-state index is 13.2. The number of halogens is 1. The largest absolute Gasteiger partial charge is 0.488 e. The van der Waals surface area contributed by atoms with E-state index in [4.69, 9.17) is 4.74 Å². The molecule has 1 aromatic carbocycles. The Morgan fingerprint density at radius 2 is 1.92 bits per heavy atom. The van der Waals surface area contributed by atoms with Gasteiger partial charge in [-0.1, -0.05) is 18.9 Å². The van der Waals surface area contributed by atoms with Crippen molar-refractivity contribution in [3.63, 3.8) is 0 Å². The summed E-state index contributed by atoms with van der Waals surface area (Å²) in [6, 6.07) is 5.22. The van der Waals surface area contributed by atoms with Gasteiger partial charge in [0.15, 0.2) is 0 Å². The Labute approximate surface area is 147 Å². The standard InChI is InChI=1S/C19H26FNO4/c20-13-6-3-7-14(11-13)25-16-9-8-15(18(23)19(16)24)21-17(22)10-12-4-1-2-5-12/h3,6-7,11-12,15-16,18-19,23-24H,1-2,4-5,8-10H2,(H,21,22)/t15-,16-,18+,19+/m1/s1. The van der Waals surface area contributed by atoms with Gasteiger partial charge in [-0.05, 0) is 43.7 Å². The van der Waals surface area contributed by atoms with Gasteiger partial charge < -0.3 is 20.3 Å². The number of nitrogens with one attached hydrogen (secondary N) is 1. The van der Waals surface area contributed by atoms with Crippen LogP contribution in [0.25, 0.3) is 0 Å². The molecule has 2 fully saturated rings. The fourth-order valence-electron chi connectivity index (χ4n) is 3.89. The van der Waals surface area contributed by atoms with E-state index in [-0.39, 0.29) is 5.91 Å². The number of carbonyl (C=O) groups excluding carboxylic acids is 1. The Morgan fingerprint density at radius 1 is 1.16 bits per heavy atom. The second-order valence-corrected chi connectivity index (χ2v) is 7.20. The molecule has 4 atom stereocenters. The summed E-state index contributed by atoms with van der Waals surface area (Å²) in [6.45, 7) is 0. The van der Waals surface area contributed by atoms with Gasteiger partial charge in [-0.25, -0.2) is 4.39 Å². The van der Waals surface area contributed by atoms with Gasteiger partial charge in [0.25, 0.3) is 0 Å². The lowest BCUT2D eigenvalue weighted by molar-refractivity contribution is -0.128. The van der Waals surface area contributed by atoms with Crippen molar-refractivity contribution in [3.8, 4) is 5.75 Å². The first-order valence-electron chi connectivity index (χ1n) is 9.10. The van der Waals surface area contributed by atoms with Crippen LogP contribution in [0.2, 0.25) is 0 Å². The topological polar surface area (TPSA) is 78.8 Å². The summed E-state index contributed by atoms with van der Waals surface area (Å²) < 4.78 is 18.8. The molecule has 2 saturated carbocycles. The van der Waals surface area contributed by atoms with E-state index >= 15 is 0 Å². The summed E-state index contributed by atoms with van der Waals surface area (Å²) in [6.07, 6.45) is 3.16. The van der Waals surface area contributed by atoms with E-state index in [2.05, 4.69) is 5.32 Å². The lowest BCUT2D eigenvalue weighted by atomic mass is 9.87. The number of amides is 1. The predicted octanol–water partition coefficient (Wildman–Crippen LogP) is 2.15. The Kier molecular flexibility index (Phi) is 5.91.